The lowest BCUT2D eigenvalue weighted by molar-refractivity contribution is -0.139. The van der Waals surface area contributed by atoms with Crippen LogP contribution in [-0.2, 0) is 13.2 Å². The van der Waals surface area contributed by atoms with E-state index in [9.17, 15) is 22.4 Å². The Morgan fingerprint density at radius 1 is 1.35 bits per heavy atom. The third-order valence-corrected chi connectivity index (χ3v) is 2.71. The molecule has 0 amide bonds. The van der Waals surface area contributed by atoms with Crippen LogP contribution in [0.25, 0.3) is 11.3 Å². The summed E-state index contributed by atoms with van der Waals surface area (Å²) < 4.78 is 52.3. The Kier molecular flexibility index (Phi) is 3.24. The zero-order valence-corrected chi connectivity index (χ0v) is 10.1. The van der Waals surface area contributed by atoms with E-state index in [0.717, 1.165) is 16.9 Å². The molecule has 0 unspecified atom stereocenters. The third-order valence-electron chi connectivity index (χ3n) is 2.71. The van der Waals surface area contributed by atoms with Crippen LogP contribution in [0.2, 0.25) is 0 Å². The maximum Gasteiger partial charge on any atom is 0.419 e. The minimum absolute atomic E-state index is 0.0250. The highest BCUT2D eigenvalue weighted by Crippen LogP contribution is 2.34. The average Bonchev–Trinajstić information content (AvgIpc) is 2.70. The highest BCUT2D eigenvalue weighted by atomic mass is 19.4. The van der Waals surface area contributed by atoms with Gasteiger partial charge in [0, 0.05) is 12.6 Å². The first kappa shape index (κ1) is 14.0. The van der Waals surface area contributed by atoms with Gasteiger partial charge in [0.05, 0.1) is 17.5 Å². The number of alkyl halides is 3. The zero-order valence-electron chi connectivity index (χ0n) is 10.1. The van der Waals surface area contributed by atoms with Crippen LogP contribution in [0.1, 0.15) is 15.9 Å². The highest BCUT2D eigenvalue weighted by molar-refractivity contribution is 5.94. The number of aryl methyl sites for hydroxylation is 1. The van der Waals surface area contributed by atoms with Crippen LogP contribution >= 0.6 is 0 Å². The molecule has 106 valence electrons. The van der Waals surface area contributed by atoms with E-state index in [4.69, 9.17) is 5.11 Å². The summed E-state index contributed by atoms with van der Waals surface area (Å²) in [4.78, 5) is 11.0. The second-order valence-electron chi connectivity index (χ2n) is 4.03. The van der Waals surface area contributed by atoms with Crippen molar-refractivity contribution in [3.05, 3.63) is 41.3 Å². The number of carboxylic acid groups (broad SMARTS) is 1. The normalized spacial score (nSPS) is 11.7. The van der Waals surface area contributed by atoms with E-state index in [1.807, 2.05) is 0 Å². The maximum absolute atomic E-state index is 13.2. The Hall–Kier alpha value is -2.38. The lowest BCUT2D eigenvalue weighted by Gasteiger charge is -2.11. The molecule has 0 aliphatic rings. The first-order chi connectivity index (χ1) is 9.21. The number of aromatic nitrogens is 2. The van der Waals surface area contributed by atoms with Crippen LogP contribution in [0.4, 0.5) is 17.6 Å². The molecule has 2 aromatic rings. The number of hydrogen-bond acceptors (Lipinski definition) is 2. The van der Waals surface area contributed by atoms with Crippen LogP contribution in [0.5, 0.6) is 0 Å². The number of halogens is 4. The molecule has 0 aliphatic carbocycles. The van der Waals surface area contributed by atoms with Crippen molar-refractivity contribution in [2.24, 2.45) is 7.05 Å². The molecule has 1 aromatic carbocycles. The predicted molar refractivity (Wildman–Crippen MR) is 60.6 cm³/mol. The van der Waals surface area contributed by atoms with Crippen molar-refractivity contribution in [2.45, 2.75) is 6.18 Å². The van der Waals surface area contributed by atoms with Crippen LogP contribution in [-0.4, -0.2) is 20.9 Å². The van der Waals surface area contributed by atoms with Gasteiger partial charge in [0.25, 0.3) is 0 Å². The maximum atomic E-state index is 13.2. The summed E-state index contributed by atoms with van der Waals surface area (Å²) in [6.45, 7) is 0. The van der Waals surface area contributed by atoms with E-state index < -0.39 is 23.5 Å². The van der Waals surface area contributed by atoms with Gasteiger partial charge in [-0.25, -0.2) is 9.18 Å². The van der Waals surface area contributed by atoms with E-state index in [1.54, 1.807) is 0 Å². The molecule has 0 saturated heterocycles. The molecule has 1 heterocycles. The summed E-state index contributed by atoms with van der Waals surface area (Å²) in [7, 11) is 1.39. The SMILES string of the molecule is Cn1ncc(C(=O)O)c1-c1ccc(F)c(C(F)(F)F)c1. The molecule has 0 radical (unpaired) electrons. The summed E-state index contributed by atoms with van der Waals surface area (Å²) in [5.41, 5.74) is -1.81. The second kappa shape index (κ2) is 4.62. The van der Waals surface area contributed by atoms with E-state index in [0.29, 0.717) is 12.1 Å². The summed E-state index contributed by atoms with van der Waals surface area (Å²) >= 11 is 0. The van der Waals surface area contributed by atoms with Gasteiger partial charge in [0.2, 0.25) is 0 Å². The number of hydrogen-bond donors (Lipinski definition) is 1. The molecule has 0 atom stereocenters. The van der Waals surface area contributed by atoms with E-state index in [-0.39, 0.29) is 16.8 Å². The Bertz CT molecular complexity index is 677. The summed E-state index contributed by atoms with van der Waals surface area (Å²) in [6.07, 6.45) is -3.84. The van der Waals surface area contributed by atoms with Gasteiger partial charge < -0.3 is 5.11 Å². The number of aromatic carboxylic acids is 1. The van der Waals surface area contributed by atoms with Crippen molar-refractivity contribution in [3.63, 3.8) is 0 Å². The molecule has 8 heteroatoms. The second-order valence-corrected chi connectivity index (χ2v) is 4.03. The monoisotopic (exact) mass is 288 g/mol. The molecule has 1 N–H and O–H groups in total. The molecule has 2 rings (SSSR count). The van der Waals surface area contributed by atoms with Gasteiger partial charge in [-0.1, -0.05) is 0 Å². The van der Waals surface area contributed by atoms with Crippen LogP contribution in [0.15, 0.2) is 24.4 Å². The fourth-order valence-electron chi connectivity index (χ4n) is 1.83. The molecule has 0 spiro atoms. The molecule has 0 aliphatic heterocycles. The fourth-order valence-corrected chi connectivity index (χ4v) is 1.83. The summed E-state index contributed by atoms with van der Waals surface area (Å²) in [5.74, 6) is -2.74. The number of carboxylic acids is 1. The summed E-state index contributed by atoms with van der Waals surface area (Å²) in [5, 5.41) is 12.7. The molecule has 4 nitrogen and oxygen atoms in total. The minimum atomic E-state index is -4.86. The van der Waals surface area contributed by atoms with Gasteiger partial charge in [-0.2, -0.15) is 18.3 Å². The Labute approximate surface area is 110 Å². The van der Waals surface area contributed by atoms with Gasteiger partial charge in [0.15, 0.2) is 0 Å². The fraction of sp³-hybridized carbons (Fsp3) is 0.167. The van der Waals surface area contributed by atoms with Crippen LogP contribution < -0.4 is 0 Å². The van der Waals surface area contributed by atoms with Gasteiger partial charge in [-0.15, -0.1) is 0 Å². The van der Waals surface area contributed by atoms with Crippen molar-refractivity contribution >= 4 is 5.97 Å². The average molecular weight is 288 g/mol. The smallest absolute Gasteiger partial charge is 0.419 e. The van der Waals surface area contributed by atoms with Gasteiger partial charge in [0.1, 0.15) is 11.4 Å². The number of benzene rings is 1. The van der Waals surface area contributed by atoms with E-state index in [2.05, 4.69) is 5.10 Å². The Morgan fingerprint density at radius 3 is 2.55 bits per heavy atom. The minimum Gasteiger partial charge on any atom is -0.478 e. The molecular weight excluding hydrogens is 280 g/mol. The number of carbonyl (C=O) groups is 1. The van der Waals surface area contributed by atoms with Gasteiger partial charge in [-0.3, -0.25) is 4.68 Å². The van der Waals surface area contributed by atoms with Crippen molar-refractivity contribution in [3.8, 4) is 11.3 Å². The number of nitrogens with zero attached hydrogens (tertiary/aromatic N) is 2. The van der Waals surface area contributed by atoms with Crippen LogP contribution in [0.3, 0.4) is 0 Å². The highest BCUT2D eigenvalue weighted by Gasteiger charge is 2.34. The first-order valence-corrected chi connectivity index (χ1v) is 5.34. The van der Waals surface area contributed by atoms with Gasteiger partial charge >= 0.3 is 12.1 Å². The Morgan fingerprint density at radius 2 is 2.00 bits per heavy atom. The van der Waals surface area contributed by atoms with Crippen molar-refractivity contribution < 1.29 is 27.5 Å². The molecule has 0 saturated carbocycles. The summed E-state index contributed by atoms with van der Waals surface area (Å²) in [6, 6.07) is 2.30. The van der Waals surface area contributed by atoms with Crippen LogP contribution in [0, 0.1) is 5.82 Å². The van der Waals surface area contributed by atoms with E-state index >= 15 is 0 Å². The van der Waals surface area contributed by atoms with Crippen molar-refractivity contribution in [1.82, 2.24) is 9.78 Å². The van der Waals surface area contributed by atoms with Crippen molar-refractivity contribution in [1.29, 1.82) is 0 Å². The molecular formula is C12H8F4N2O2. The van der Waals surface area contributed by atoms with Crippen molar-refractivity contribution in [2.75, 3.05) is 0 Å². The molecule has 0 bridgehead atoms. The predicted octanol–water partition coefficient (Wildman–Crippen LogP) is 2.94. The largest absolute Gasteiger partial charge is 0.478 e. The zero-order chi connectivity index (χ0) is 15.1. The molecule has 1 aromatic heterocycles. The molecule has 0 fully saturated rings. The third kappa shape index (κ3) is 2.36. The molecule has 20 heavy (non-hydrogen) atoms. The Balaban J connectivity index is 2.66. The first-order valence-electron chi connectivity index (χ1n) is 5.34. The lowest BCUT2D eigenvalue weighted by atomic mass is 10.0. The lowest BCUT2D eigenvalue weighted by Crippen LogP contribution is -2.09. The topological polar surface area (TPSA) is 55.1 Å². The standard InChI is InChI=1S/C12H8F4N2O2/c1-18-10(7(5-17-18)11(19)20)6-2-3-9(13)8(4-6)12(14,15)16/h2-5H,1H3,(H,19,20). The number of rotatable bonds is 2. The van der Waals surface area contributed by atoms with E-state index in [1.165, 1.54) is 7.05 Å². The van der Waals surface area contributed by atoms with Gasteiger partial charge in [-0.05, 0) is 18.2 Å². The quantitative estimate of drug-likeness (QED) is 0.864.